The largest absolute Gasteiger partial charge is 0.338 e. The first-order valence-corrected chi connectivity index (χ1v) is 6.25. The van der Waals surface area contributed by atoms with E-state index in [0.717, 1.165) is 15.8 Å². The van der Waals surface area contributed by atoms with E-state index in [-0.39, 0.29) is 11.9 Å². The number of rotatable bonds is 3. The number of thiophene rings is 1. The van der Waals surface area contributed by atoms with Crippen LogP contribution in [0.25, 0.3) is 0 Å². The summed E-state index contributed by atoms with van der Waals surface area (Å²) in [4.78, 5) is 14.5. The van der Waals surface area contributed by atoms with E-state index in [2.05, 4.69) is 29.8 Å². The molecule has 0 saturated carbocycles. The van der Waals surface area contributed by atoms with Crippen LogP contribution in [0.2, 0.25) is 0 Å². The predicted octanol–water partition coefficient (Wildman–Crippen LogP) is 3.38. The van der Waals surface area contributed by atoms with Crippen LogP contribution in [0, 0.1) is 0 Å². The maximum absolute atomic E-state index is 11.9. The normalized spacial score (nSPS) is 12.6. The zero-order valence-electron chi connectivity index (χ0n) is 8.58. The highest BCUT2D eigenvalue weighted by atomic mass is 79.9. The SMILES string of the molecule is CCC(C)N(C)C(=O)c1sccc1Br. The van der Waals surface area contributed by atoms with Gasteiger partial charge >= 0.3 is 0 Å². The van der Waals surface area contributed by atoms with Crippen LogP contribution in [0.1, 0.15) is 29.9 Å². The standard InChI is InChI=1S/C10H14BrNOS/c1-4-7(2)12(3)10(13)9-8(11)5-6-14-9/h5-7H,4H2,1-3H3. The van der Waals surface area contributed by atoms with E-state index in [1.165, 1.54) is 11.3 Å². The van der Waals surface area contributed by atoms with Crippen molar-refractivity contribution in [2.45, 2.75) is 26.3 Å². The molecule has 4 heteroatoms. The van der Waals surface area contributed by atoms with Crippen molar-refractivity contribution in [2.24, 2.45) is 0 Å². The Hall–Kier alpha value is -0.350. The highest BCUT2D eigenvalue weighted by Gasteiger charge is 2.19. The molecule has 1 heterocycles. The summed E-state index contributed by atoms with van der Waals surface area (Å²) >= 11 is 4.84. The summed E-state index contributed by atoms with van der Waals surface area (Å²) in [6, 6.07) is 2.19. The van der Waals surface area contributed by atoms with Crippen LogP contribution in [-0.2, 0) is 0 Å². The fourth-order valence-corrected chi connectivity index (χ4v) is 2.60. The Morgan fingerprint density at radius 2 is 2.36 bits per heavy atom. The van der Waals surface area contributed by atoms with Gasteiger partial charge < -0.3 is 4.90 Å². The summed E-state index contributed by atoms with van der Waals surface area (Å²) in [7, 11) is 1.85. The fraction of sp³-hybridized carbons (Fsp3) is 0.500. The zero-order valence-corrected chi connectivity index (χ0v) is 11.0. The molecule has 0 aliphatic rings. The highest BCUT2D eigenvalue weighted by Crippen LogP contribution is 2.24. The summed E-state index contributed by atoms with van der Waals surface area (Å²) < 4.78 is 0.891. The van der Waals surface area contributed by atoms with E-state index >= 15 is 0 Å². The van der Waals surface area contributed by atoms with E-state index in [1.54, 1.807) is 4.90 Å². The zero-order chi connectivity index (χ0) is 10.7. The van der Waals surface area contributed by atoms with Crippen LogP contribution >= 0.6 is 27.3 Å². The first-order valence-electron chi connectivity index (χ1n) is 4.58. The molecule has 0 bridgehead atoms. The fourth-order valence-electron chi connectivity index (χ4n) is 1.08. The Morgan fingerprint density at radius 1 is 1.71 bits per heavy atom. The maximum atomic E-state index is 11.9. The van der Waals surface area contributed by atoms with E-state index in [0.29, 0.717) is 0 Å². The Bertz CT molecular complexity index is 324. The topological polar surface area (TPSA) is 20.3 Å². The monoisotopic (exact) mass is 275 g/mol. The van der Waals surface area contributed by atoms with Crippen LogP contribution in [-0.4, -0.2) is 23.9 Å². The third kappa shape index (κ3) is 2.36. The van der Waals surface area contributed by atoms with Gasteiger partial charge in [0.2, 0.25) is 0 Å². The molecule has 0 radical (unpaired) electrons. The van der Waals surface area contributed by atoms with Gasteiger partial charge in [0.15, 0.2) is 0 Å². The third-order valence-corrected chi connectivity index (χ3v) is 4.21. The second-order valence-corrected chi connectivity index (χ2v) is 5.04. The van der Waals surface area contributed by atoms with E-state index in [9.17, 15) is 4.79 Å². The van der Waals surface area contributed by atoms with E-state index in [4.69, 9.17) is 0 Å². The minimum absolute atomic E-state index is 0.0984. The molecule has 1 amide bonds. The third-order valence-electron chi connectivity index (χ3n) is 2.38. The molecular weight excluding hydrogens is 262 g/mol. The molecule has 0 aliphatic carbocycles. The Morgan fingerprint density at radius 3 is 2.79 bits per heavy atom. The van der Waals surface area contributed by atoms with Gasteiger partial charge in [-0.1, -0.05) is 6.92 Å². The number of carbonyl (C=O) groups excluding carboxylic acids is 1. The number of halogens is 1. The van der Waals surface area contributed by atoms with Crippen molar-refractivity contribution < 1.29 is 4.79 Å². The van der Waals surface area contributed by atoms with E-state index < -0.39 is 0 Å². The van der Waals surface area contributed by atoms with Gasteiger partial charge in [-0.15, -0.1) is 11.3 Å². The van der Waals surface area contributed by atoms with Crippen molar-refractivity contribution in [3.63, 3.8) is 0 Å². The van der Waals surface area contributed by atoms with Gasteiger partial charge in [-0.2, -0.15) is 0 Å². The molecule has 0 aromatic carbocycles. The van der Waals surface area contributed by atoms with Crippen LogP contribution in [0.5, 0.6) is 0 Å². The molecule has 0 aliphatic heterocycles. The lowest BCUT2D eigenvalue weighted by atomic mass is 10.2. The second kappa shape index (κ2) is 4.94. The van der Waals surface area contributed by atoms with Crippen molar-refractivity contribution >= 4 is 33.2 Å². The second-order valence-electron chi connectivity index (χ2n) is 3.27. The molecule has 2 nitrogen and oxygen atoms in total. The Labute approximate surface area is 97.1 Å². The molecule has 0 N–H and O–H groups in total. The van der Waals surface area contributed by atoms with Crippen LogP contribution in [0.4, 0.5) is 0 Å². The molecule has 1 rings (SSSR count). The van der Waals surface area contributed by atoms with Gasteiger partial charge in [0.1, 0.15) is 4.88 Å². The summed E-state index contributed by atoms with van der Waals surface area (Å²) in [5, 5.41) is 1.92. The molecule has 1 atom stereocenters. The average Bonchev–Trinajstić information content (AvgIpc) is 2.61. The first-order chi connectivity index (χ1) is 6.57. The first kappa shape index (κ1) is 11.7. The molecule has 14 heavy (non-hydrogen) atoms. The molecule has 0 spiro atoms. The number of nitrogens with zero attached hydrogens (tertiary/aromatic N) is 1. The van der Waals surface area contributed by atoms with Gasteiger partial charge in [-0.05, 0) is 40.7 Å². The van der Waals surface area contributed by atoms with Gasteiger partial charge in [0, 0.05) is 17.6 Å². The summed E-state index contributed by atoms with van der Waals surface area (Å²) in [5.41, 5.74) is 0. The Balaban J connectivity index is 2.81. The molecule has 1 aromatic rings. The lowest BCUT2D eigenvalue weighted by Gasteiger charge is -2.23. The van der Waals surface area contributed by atoms with Crippen molar-refractivity contribution in [2.75, 3.05) is 7.05 Å². The van der Waals surface area contributed by atoms with Crippen LogP contribution < -0.4 is 0 Å². The molecule has 0 saturated heterocycles. The maximum Gasteiger partial charge on any atom is 0.265 e. The Kier molecular flexibility index (Phi) is 4.13. The molecular formula is C10H14BrNOS. The average molecular weight is 276 g/mol. The minimum atomic E-state index is 0.0984. The molecule has 0 fully saturated rings. The number of amides is 1. The highest BCUT2D eigenvalue weighted by molar-refractivity contribution is 9.10. The van der Waals surface area contributed by atoms with E-state index in [1.807, 2.05) is 18.5 Å². The summed E-state index contributed by atoms with van der Waals surface area (Å²) in [5.74, 6) is 0.0984. The minimum Gasteiger partial charge on any atom is -0.338 e. The summed E-state index contributed by atoms with van der Waals surface area (Å²) in [6.07, 6.45) is 0.977. The number of hydrogen-bond acceptors (Lipinski definition) is 2. The molecule has 1 aromatic heterocycles. The van der Waals surface area contributed by atoms with Crippen molar-refractivity contribution in [3.8, 4) is 0 Å². The molecule has 1 unspecified atom stereocenters. The number of carbonyl (C=O) groups is 1. The summed E-state index contributed by atoms with van der Waals surface area (Å²) in [6.45, 7) is 4.14. The van der Waals surface area contributed by atoms with Crippen molar-refractivity contribution in [1.29, 1.82) is 0 Å². The lowest BCUT2D eigenvalue weighted by molar-refractivity contribution is 0.0744. The van der Waals surface area contributed by atoms with Crippen LogP contribution in [0.3, 0.4) is 0 Å². The van der Waals surface area contributed by atoms with Crippen molar-refractivity contribution in [1.82, 2.24) is 4.90 Å². The van der Waals surface area contributed by atoms with Gasteiger partial charge in [-0.25, -0.2) is 0 Å². The smallest absolute Gasteiger partial charge is 0.265 e. The lowest BCUT2D eigenvalue weighted by Crippen LogP contribution is -2.34. The van der Waals surface area contributed by atoms with Gasteiger partial charge in [-0.3, -0.25) is 4.79 Å². The van der Waals surface area contributed by atoms with Crippen molar-refractivity contribution in [3.05, 3.63) is 20.8 Å². The number of hydrogen-bond donors (Lipinski definition) is 0. The quantitative estimate of drug-likeness (QED) is 0.828. The molecule has 78 valence electrons. The van der Waals surface area contributed by atoms with Gasteiger partial charge in [0.05, 0.1) is 0 Å². The van der Waals surface area contributed by atoms with Crippen LogP contribution in [0.15, 0.2) is 15.9 Å². The predicted molar refractivity (Wildman–Crippen MR) is 63.9 cm³/mol. The van der Waals surface area contributed by atoms with Gasteiger partial charge in [0.25, 0.3) is 5.91 Å².